The predicted molar refractivity (Wildman–Crippen MR) is 118 cm³/mol. The minimum absolute atomic E-state index is 0.217. The highest BCUT2D eigenvalue weighted by atomic mass is 16.5. The number of rotatable bonds is 7. The van der Waals surface area contributed by atoms with Crippen molar-refractivity contribution in [1.82, 2.24) is 0 Å². The zero-order chi connectivity index (χ0) is 21.5. The van der Waals surface area contributed by atoms with Gasteiger partial charge in [-0.25, -0.2) is 0 Å². The summed E-state index contributed by atoms with van der Waals surface area (Å²) >= 11 is 0. The van der Waals surface area contributed by atoms with Gasteiger partial charge in [-0.15, -0.1) is 0 Å². The molecule has 7 heteroatoms. The van der Waals surface area contributed by atoms with Crippen LogP contribution in [0.4, 0.5) is 11.4 Å². The minimum Gasteiger partial charge on any atom is -0.493 e. The average molecular weight is 412 g/mol. The van der Waals surface area contributed by atoms with Crippen molar-refractivity contribution in [3.8, 4) is 17.2 Å². The van der Waals surface area contributed by atoms with E-state index in [0.717, 1.165) is 48.8 Å². The van der Waals surface area contributed by atoms with Gasteiger partial charge >= 0.3 is 0 Å². The number of ether oxygens (including phenoxy) is 4. The molecule has 1 N–H and O–H groups in total. The molecule has 1 saturated heterocycles. The first-order valence-electron chi connectivity index (χ1n) is 9.78. The van der Waals surface area contributed by atoms with E-state index >= 15 is 0 Å². The van der Waals surface area contributed by atoms with Crippen LogP contribution in [0.3, 0.4) is 0 Å². The summed E-state index contributed by atoms with van der Waals surface area (Å²) < 4.78 is 21.4. The Kier molecular flexibility index (Phi) is 7.19. The number of carbonyl (C=O) groups is 1. The number of hydrogen-bond acceptors (Lipinski definition) is 6. The topological polar surface area (TPSA) is 69.3 Å². The molecule has 1 amide bonds. The number of methoxy groups -OCH3 is 3. The van der Waals surface area contributed by atoms with E-state index in [1.54, 1.807) is 39.5 Å². The van der Waals surface area contributed by atoms with Gasteiger partial charge in [-0.3, -0.25) is 4.79 Å². The van der Waals surface area contributed by atoms with Crippen molar-refractivity contribution in [2.45, 2.75) is 6.92 Å². The van der Waals surface area contributed by atoms with Gasteiger partial charge in [0, 0.05) is 30.5 Å². The summed E-state index contributed by atoms with van der Waals surface area (Å²) in [6.45, 7) is 5.22. The Morgan fingerprint density at radius 1 is 1.03 bits per heavy atom. The first kappa shape index (κ1) is 21.5. The second-order valence-electron chi connectivity index (χ2n) is 6.88. The molecule has 160 valence electrons. The van der Waals surface area contributed by atoms with Crippen molar-refractivity contribution < 1.29 is 23.7 Å². The van der Waals surface area contributed by atoms with Crippen molar-refractivity contribution in [3.63, 3.8) is 0 Å². The van der Waals surface area contributed by atoms with Crippen LogP contribution in [0.5, 0.6) is 17.2 Å². The number of hydrogen-bond donors (Lipinski definition) is 1. The number of aryl methyl sites for hydroxylation is 1. The number of nitrogens with one attached hydrogen (secondary N) is 1. The number of anilines is 2. The maximum atomic E-state index is 12.4. The SMILES string of the molecule is COc1cc(/C=C/C(=O)Nc2ccc(N3CCOCC3)cc2C)cc(OC)c1OC. The normalized spacial score (nSPS) is 13.9. The fourth-order valence-corrected chi connectivity index (χ4v) is 3.35. The van der Waals surface area contributed by atoms with Crippen LogP contribution >= 0.6 is 0 Å². The monoisotopic (exact) mass is 412 g/mol. The summed E-state index contributed by atoms with van der Waals surface area (Å²) in [5.74, 6) is 1.36. The van der Waals surface area contributed by atoms with Crippen molar-refractivity contribution in [2.75, 3.05) is 57.8 Å². The quantitative estimate of drug-likeness (QED) is 0.702. The van der Waals surface area contributed by atoms with E-state index in [9.17, 15) is 4.79 Å². The summed E-state index contributed by atoms with van der Waals surface area (Å²) in [7, 11) is 4.66. The van der Waals surface area contributed by atoms with E-state index in [4.69, 9.17) is 18.9 Å². The molecule has 0 bridgehead atoms. The van der Waals surface area contributed by atoms with Gasteiger partial charge in [-0.05, 0) is 54.5 Å². The van der Waals surface area contributed by atoms with Crippen LogP contribution in [0, 0.1) is 6.92 Å². The first-order valence-corrected chi connectivity index (χ1v) is 9.78. The standard InChI is InChI=1S/C23H28N2O5/c1-16-13-18(25-9-11-30-12-10-25)6-7-19(16)24-22(26)8-5-17-14-20(27-2)23(29-4)21(15-17)28-3/h5-8,13-15H,9-12H2,1-4H3,(H,24,26)/b8-5+. The zero-order valence-electron chi connectivity index (χ0n) is 17.9. The molecule has 0 unspecified atom stereocenters. The number of nitrogens with zero attached hydrogens (tertiary/aromatic N) is 1. The minimum atomic E-state index is -0.217. The Bertz CT molecular complexity index is 895. The zero-order valence-corrected chi connectivity index (χ0v) is 17.9. The third-order valence-electron chi connectivity index (χ3n) is 4.96. The van der Waals surface area contributed by atoms with Gasteiger partial charge < -0.3 is 29.2 Å². The third-order valence-corrected chi connectivity index (χ3v) is 4.96. The second-order valence-corrected chi connectivity index (χ2v) is 6.88. The molecule has 1 aliphatic rings. The number of morpholine rings is 1. The Labute approximate surface area is 177 Å². The Morgan fingerprint density at radius 3 is 2.27 bits per heavy atom. The molecule has 1 fully saturated rings. The summed E-state index contributed by atoms with van der Waals surface area (Å²) in [4.78, 5) is 14.7. The van der Waals surface area contributed by atoms with Gasteiger partial charge in [0.2, 0.25) is 11.7 Å². The number of carbonyl (C=O) groups excluding carboxylic acids is 1. The Balaban J connectivity index is 1.70. The summed E-state index contributed by atoms with van der Waals surface area (Å²) in [6.07, 6.45) is 3.19. The molecule has 0 spiro atoms. The van der Waals surface area contributed by atoms with E-state index in [-0.39, 0.29) is 5.91 Å². The highest BCUT2D eigenvalue weighted by molar-refractivity contribution is 6.02. The molecule has 0 radical (unpaired) electrons. The average Bonchev–Trinajstić information content (AvgIpc) is 2.78. The maximum Gasteiger partial charge on any atom is 0.248 e. The van der Waals surface area contributed by atoms with Crippen LogP contribution in [0.2, 0.25) is 0 Å². The molecule has 3 rings (SSSR count). The lowest BCUT2D eigenvalue weighted by molar-refractivity contribution is -0.111. The molecule has 2 aromatic carbocycles. The van der Waals surface area contributed by atoms with Crippen LogP contribution in [-0.2, 0) is 9.53 Å². The molecule has 30 heavy (non-hydrogen) atoms. The van der Waals surface area contributed by atoms with E-state index in [1.807, 2.05) is 19.1 Å². The molecule has 7 nitrogen and oxygen atoms in total. The van der Waals surface area contributed by atoms with Crippen molar-refractivity contribution in [2.24, 2.45) is 0 Å². The molecule has 0 aromatic heterocycles. The van der Waals surface area contributed by atoms with E-state index in [0.29, 0.717) is 17.2 Å². The fourth-order valence-electron chi connectivity index (χ4n) is 3.35. The lowest BCUT2D eigenvalue weighted by atomic mass is 10.1. The highest BCUT2D eigenvalue weighted by Crippen LogP contribution is 2.38. The predicted octanol–water partition coefficient (Wildman–Crippen LogP) is 3.51. The van der Waals surface area contributed by atoms with Gasteiger partial charge in [-0.2, -0.15) is 0 Å². The Hall–Kier alpha value is -3.19. The van der Waals surface area contributed by atoms with Crippen molar-refractivity contribution >= 4 is 23.4 Å². The van der Waals surface area contributed by atoms with E-state index in [2.05, 4.69) is 16.3 Å². The maximum absolute atomic E-state index is 12.4. The van der Waals surface area contributed by atoms with Crippen LogP contribution < -0.4 is 24.4 Å². The molecule has 0 saturated carbocycles. The summed E-state index contributed by atoms with van der Waals surface area (Å²) in [5, 5.41) is 2.93. The van der Waals surface area contributed by atoms with Crippen LogP contribution in [0.1, 0.15) is 11.1 Å². The molecular formula is C23H28N2O5. The van der Waals surface area contributed by atoms with Gasteiger partial charge in [0.25, 0.3) is 0 Å². The number of amides is 1. The van der Waals surface area contributed by atoms with Gasteiger partial charge in [0.1, 0.15) is 0 Å². The molecule has 1 aliphatic heterocycles. The van der Waals surface area contributed by atoms with Gasteiger partial charge in [-0.1, -0.05) is 0 Å². The molecule has 1 heterocycles. The molecule has 2 aromatic rings. The van der Waals surface area contributed by atoms with E-state index in [1.165, 1.54) is 6.08 Å². The molecule has 0 aliphatic carbocycles. The smallest absolute Gasteiger partial charge is 0.248 e. The van der Waals surface area contributed by atoms with E-state index < -0.39 is 0 Å². The van der Waals surface area contributed by atoms with Crippen molar-refractivity contribution in [1.29, 1.82) is 0 Å². The van der Waals surface area contributed by atoms with Crippen LogP contribution in [-0.4, -0.2) is 53.5 Å². The van der Waals surface area contributed by atoms with Gasteiger partial charge in [0.05, 0.1) is 34.5 Å². The largest absolute Gasteiger partial charge is 0.493 e. The highest BCUT2D eigenvalue weighted by Gasteiger charge is 2.14. The van der Waals surface area contributed by atoms with Crippen LogP contribution in [0.15, 0.2) is 36.4 Å². The number of benzene rings is 2. The second kappa shape index (κ2) is 10.0. The molecular weight excluding hydrogens is 384 g/mol. The fraction of sp³-hybridized carbons (Fsp3) is 0.348. The van der Waals surface area contributed by atoms with Crippen LogP contribution in [0.25, 0.3) is 6.08 Å². The molecule has 0 atom stereocenters. The third kappa shape index (κ3) is 5.04. The lowest BCUT2D eigenvalue weighted by Gasteiger charge is -2.29. The Morgan fingerprint density at radius 2 is 1.70 bits per heavy atom. The summed E-state index contributed by atoms with van der Waals surface area (Å²) in [6, 6.07) is 9.62. The van der Waals surface area contributed by atoms with Gasteiger partial charge in [0.15, 0.2) is 11.5 Å². The lowest BCUT2D eigenvalue weighted by Crippen LogP contribution is -2.36. The summed E-state index contributed by atoms with van der Waals surface area (Å²) in [5.41, 5.74) is 3.70. The first-order chi connectivity index (χ1) is 14.5. The van der Waals surface area contributed by atoms with Crippen molar-refractivity contribution in [3.05, 3.63) is 47.5 Å².